The number of carboxylic acids is 1. The number of hydrogen-bond donors (Lipinski definition) is 1. The van der Waals surface area contributed by atoms with Crippen LogP contribution in [0.25, 0.3) is 0 Å². The van der Waals surface area contributed by atoms with E-state index in [-0.39, 0.29) is 5.56 Å². The number of aryl methyl sites for hydroxylation is 1. The van der Waals surface area contributed by atoms with E-state index in [0.29, 0.717) is 11.5 Å². The van der Waals surface area contributed by atoms with Gasteiger partial charge in [0.05, 0.1) is 0 Å². The van der Waals surface area contributed by atoms with Crippen molar-refractivity contribution < 1.29 is 14.6 Å². The summed E-state index contributed by atoms with van der Waals surface area (Å²) < 4.78 is 7.42. The molecule has 2 aromatic carbocycles. The first kappa shape index (κ1) is 14.1. The van der Waals surface area contributed by atoms with E-state index in [1.165, 1.54) is 6.07 Å². The zero-order valence-corrected chi connectivity index (χ0v) is 13.2. The van der Waals surface area contributed by atoms with Crippen LogP contribution in [0.5, 0.6) is 11.5 Å². The van der Waals surface area contributed by atoms with Crippen LogP contribution >= 0.6 is 31.9 Å². The van der Waals surface area contributed by atoms with Gasteiger partial charge in [0.25, 0.3) is 0 Å². The number of rotatable bonds is 3. The number of ether oxygens (including phenoxy) is 1. The van der Waals surface area contributed by atoms with Gasteiger partial charge in [-0.05, 0) is 48.9 Å². The van der Waals surface area contributed by atoms with Gasteiger partial charge in [0.1, 0.15) is 17.1 Å². The van der Waals surface area contributed by atoms with Crippen molar-refractivity contribution in [3.8, 4) is 11.5 Å². The molecule has 0 saturated heterocycles. The molecule has 0 aliphatic carbocycles. The smallest absolute Gasteiger partial charge is 0.339 e. The minimum absolute atomic E-state index is 0.130. The average molecular weight is 386 g/mol. The third-order valence-corrected chi connectivity index (χ3v) is 3.52. The Morgan fingerprint density at radius 2 is 1.68 bits per heavy atom. The highest BCUT2D eigenvalue weighted by Gasteiger charge is 2.13. The van der Waals surface area contributed by atoms with Crippen LogP contribution in [0, 0.1) is 6.92 Å². The molecule has 0 bridgehead atoms. The van der Waals surface area contributed by atoms with Crippen molar-refractivity contribution in [2.24, 2.45) is 0 Å². The molecule has 0 radical (unpaired) electrons. The SMILES string of the molecule is Cc1cc(Br)ccc1Oc1cc(Br)ccc1C(=O)O. The number of carbonyl (C=O) groups is 1. The first-order valence-electron chi connectivity index (χ1n) is 5.44. The summed E-state index contributed by atoms with van der Waals surface area (Å²) in [7, 11) is 0. The molecule has 3 nitrogen and oxygen atoms in total. The average Bonchev–Trinajstić information content (AvgIpc) is 2.32. The zero-order chi connectivity index (χ0) is 14.0. The number of carboxylic acid groups (broad SMARTS) is 1. The van der Waals surface area contributed by atoms with E-state index in [1.807, 2.05) is 19.1 Å². The van der Waals surface area contributed by atoms with Gasteiger partial charge >= 0.3 is 5.97 Å². The molecule has 0 aromatic heterocycles. The van der Waals surface area contributed by atoms with Gasteiger partial charge in [-0.15, -0.1) is 0 Å². The quantitative estimate of drug-likeness (QED) is 0.807. The van der Waals surface area contributed by atoms with Crippen LogP contribution in [0.2, 0.25) is 0 Å². The molecule has 0 heterocycles. The molecule has 1 N–H and O–H groups in total. The Hall–Kier alpha value is -1.33. The molecule has 0 saturated carbocycles. The van der Waals surface area contributed by atoms with E-state index in [2.05, 4.69) is 31.9 Å². The minimum Gasteiger partial charge on any atom is -0.478 e. The fourth-order valence-electron chi connectivity index (χ4n) is 1.60. The van der Waals surface area contributed by atoms with E-state index in [1.54, 1.807) is 18.2 Å². The highest BCUT2D eigenvalue weighted by Crippen LogP contribution is 2.31. The molecular formula is C14H10Br2O3. The number of aromatic carboxylic acids is 1. The third-order valence-electron chi connectivity index (χ3n) is 2.53. The van der Waals surface area contributed by atoms with Gasteiger partial charge in [-0.1, -0.05) is 31.9 Å². The van der Waals surface area contributed by atoms with E-state index in [4.69, 9.17) is 9.84 Å². The van der Waals surface area contributed by atoms with Crippen LogP contribution < -0.4 is 4.74 Å². The van der Waals surface area contributed by atoms with Crippen molar-refractivity contribution in [3.05, 3.63) is 56.5 Å². The largest absolute Gasteiger partial charge is 0.478 e. The summed E-state index contributed by atoms with van der Waals surface area (Å²) in [4.78, 5) is 11.2. The fourth-order valence-corrected chi connectivity index (χ4v) is 2.42. The summed E-state index contributed by atoms with van der Waals surface area (Å²) in [5.74, 6) is -0.0756. The molecule has 0 unspecified atom stereocenters. The van der Waals surface area contributed by atoms with E-state index in [9.17, 15) is 4.79 Å². The number of hydrogen-bond acceptors (Lipinski definition) is 2. The molecule has 0 aliphatic rings. The first-order chi connectivity index (χ1) is 8.97. The van der Waals surface area contributed by atoms with Crippen LogP contribution in [-0.2, 0) is 0 Å². The summed E-state index contributed by atoms with van der Waals surface area (Å²) in [5, 5.41) is 9.15. The summed E-state index contributed by atoms with van der Waals surface area (Å²) in [6, 6.07) is 10.4. The Labute approximate surface area is 127 Å². The molecular weight excluding hydrogens is 376 g/mol. The van der Waals surface area contributed by atoms with E-state index < -0.39 is 5.97 Å². The van der Waals surface area contributed by atoms with Crippen LogP contribution in [0.15, 0.2) is 45.3 Å². The van der Waals surface area contributed by atoms with Crippen LogP contribution in [0.4, 0.5) is 0 Å². The number of halogens is 2. The normalized spacial score (nSPS) is 10.3. The molecule has 98 valence electrons. The van der Waals surface area contributed by atoms with Gasteiger partial charge < -0.3 is 9.84 Å². The Bertz CT molecular complexity index is 639. The Kier molecular flexibility index (Phi) is 4.27. The molecule has 2 aromatic rings. The fraction of sp³-hybridized carbons (Fsp3) is 0.0714. The molecule has 0 amide bonds. The predicted molar refractivity (Wildman–Crippen MR) is 80.1 cm³/mol. The maximum Gasteiger partial charge on any atom is 0.339 e. The lowest BCUT2D eigenvalue weighted by Gasteiger charge is -2.11. The van der Waals surface area contributed by atoms with Crippen molar-refractivity contribution in [2.45, 2.75) is 6.92 Å². The highest BCUT2D eigenvalue weighted by atomic mass is 79.9. The van der Waals surface area contributed by atoms with Gasteiger partial charge in [-0.25, -0.2) is 4.79 Å². The second kappa shape index (κ2) is 5.75. The van der Waals surface area contributed by atoms with Crippen LogP contribution in [0.3, 0.4) is 0 Å². The van der Waals surface area contributed by atoms with Crippen molar-refractivity contribution in [1.29, 1.82) is 0 Å². The predicted octanol–water partition coefficient (Wildman–Crippen LogP) is 5.01. The van der Waals surface area contributed by atoms with Gasteiger partial charge in [-0.2, -0.15) is 0 Å². The zero-order valence-electron chi connectivity index (χ0n) is 9.98. The van der Waals surface area contributed by atoms with Crippen molar-refractivity contribution >= 4 is 37.8 Å². The third kappa shape index (κ3) is 3.36. The van der Waals surface area contributed by atoms with Gasteiger partial charge in [0.2, 0.25) is 0 Å². The Balaban J connectivity index is 2.42. The molecule has 5 heteroatoms. The maximum atomic E-state index is 11.2. The Morgan fingerprint density at radius 1 is 1.05 bits per heavy atom. The molecule has 0 atom stereocenters. The first-order valence-corrected chi connectivity index (χ1v) is 7.03. The van der Waals surface area contributed by atoms with E-state index >= 15 is 0 Å². The van der Waals surface area contributed by atoms with Gasteiger partial charge in [-0.3, -0.25) is 0 Å². The van der Waals surface area contributed by atoms with Crippen molar-refractivity contribution in [2.75, 3.05) is 0 Å². The lowest BCUT2D eigenvalue weighted by atomic mass is 10.2. The lowest BCUT2D eigenvalue weighted by molar-refractivity contribution is 0.0694. The lowest BCUT2D eigenvalue weighted by Crippen LogP contribution is -2.00. The topological polar surface area (TPSA) is 46.5 Å². The summed E-state index contributed by atoms with van der Waals surface area (Å²) in [6.45, 7) is 1.90. The second-order valence-corrected chi connectivity index (χ2v) is 5.79. The molecule has 2 rings (SSSR count). The van der Waals surface area contributed by atoms with Crippen molar-refractivity contribution in [3.63, 3.8) is 0 Å². The van der Waals surface area contributed by atoms with Crippen molar-refractivity contribution in [1.82, 2.24) is 0 Å². The second-order valence-electron chi connectivity index (χ2n) is 3.96. The summed E-state index contributed by atoms with van der Waals surface area (Å²) in [5.41, 5.74) is 1.05. The van der Waals surface area contributed by atoms with E-state index in [0.717, 1.165) is 14.5 Å². The molecule has 0 fully saturated rings. The number of benzene rings is 2. The molecule has 0 spiro atoms. The maximum absolute atomic E-state index is 11.2. The monoisotopic (exact) mass is 384 g/mol. The van der Waals surface area contributed by atoms with Gasteiger partial charge in [0, 0.05) is 8.95 Å². The minimum atomic E-state index is -1.02. The van der Waals surface area contributed by atoms with Gasteiger partial charge in [0.15, 0.2) is 0 Å². The summed E-state index contributed by atoms with van der Waals surface area (Å²) in [6.07, 6.45) is 0. The Morgan fingerprint density at radius 3 is 2.32 bits per heavy atom. The molecule has 0 aliphatic heterocycles. The highest BCUT2D eigenvalue weighted by molar-refractivity contribution is 9.10. The van der Waals surface area contributed by atoms with Crippen LogP contribution in [0.1, 0.15) is 15.9 Å². The molecule has 19 heavy (non-hydrogen) atoms. The summed E-state index contributed by atoms with van der Waals surface area (Å²) >= 11 is 6.68. The standard InChI is InChI=1S/C14H10Br2O3/c1-8-6-9(15)3-5-12(8)19-13-7-10(16)2-4-11(13)14(17)18/h2-7H,1H3,(H,17,18). The van der Waals surface area contributed by atoms with Crippen LogP contribution in [-0.4, -0.2) is 11.1 Å².